The molecule has 8 heteroatoms. The number of aromatic nitrogens is 1. The molecule has 176 valence electrons. The van der Waals surface area contributed by atoms with Crippen LogP contribution in [0.15, 0.2) is 48.5 Å². The molecule has 0 saturated carbocycles. The van der Waals surface area contributed by atoms with Gasteiger partial charge in [0.2, 0.25) is 5.91 Å². The van der Waals surface area contributed by atoms with Gasteiger partial charge in [0.05, 0.1) is 15.2 Å². The SMILES string of the molecule is CCC1(c2ccc(C)cc2)NC(=O)N(CC(=O)N2CCC(c3nc4ccccc4s3)CC2)C1=O. The van der Waals surface area contributed by atoms with Crippen LogP contribution in [0.2, 0.25) is 0 Å². The van der Waals surface area contributed by atoms with Crippen molar-refractivity contribution in [3.63, 3.8) is 0 Å². The maximum Gasteiger partial charge on any atom is 0.325 e. The van der Waals surface area contributed by atoms with Gasteiger partial charge in [-0.2, -0.15) is 0 Å². The van der Waals surface area contributed by atoms with Crippen molar-refractivity contribution in [2.45, 2.75) is 44.6 Å². The van der Waals surface area contributed by atoms with Crippen molar-refractivity contribution in [2.24, 2.45) is 0 Å². The number of aryl methyl sites for hydroxylation is 1. The Bertz CT molecular complexity index is 1210. The number of urea groups is 1. The summed E-state index contributed by atoms with van der Waals surface area (Å²) in [6.07, 6.45) is 2.07. The summed E-state index contributed by atoms with van der Waals surface area (Å²) in [5.41, 5.74) is 1.72. The number of rotatable bonds is 5. The molecule has 1 unspecified atom stereocenters. The second-order valence-corrected chi connectivity index (χ2v) is 10.2. The smallest absolute Gasteiger partial charge is 0.325 e. The summed E-state index contributed by atoms with van der Waals surface area (Å²) >= 11 is 1.72. The Morgan fingerprint density at radius 3 is 2.50 bits per heavy atom. The number of amides is 4. The van der Waals surface area contributed by atoms with Crippen LogP contribution in [0.4, 0.5) is 4.79 Å². The lowest BCUT2D eigenvalue weighted by Crippen LogP contribution is -2.47. The number of benzene rings is 2. The minimum atomic E-state index is -1.12. The van der Waals surface area contributed by atoms with E-state index in [2.05, 4.69) is 11.4 Å². The Balaban J connectivity index is 1.24. The fourth-order valence-electron chi connectivity index (χ4n) is 4.92. The first kappa shape index (κ1) is 22.5. The summed E-state index contributed by atoms with van der Waals surface area (Å²) in [6, 6.07) is 15.2. The fraction of sp³-hybridized carbons (Fsp3) is 0.385. The molecule has 2 aromatic carbocycles. The molecule has 2 aliphatic rings. The summed E-state index contributed by atoms with van der Waals surface area (Å²) in [7, 11) is 0. The van der Waals surface area contributed by atoms with Crippen molar-refractivity contribution in [3.05, 3.63) is 64.7 Å². The van der Waals surface area contributed by atoms with Crippen LogP contribution in [-0.2, 0) is 15.1 Å². The van der Waals surface area contributed by atoms with Crippen LogP contribution >= 0.6 is 11.3 Å². The number of nitrogens with one attached hydrogen (secondary N) is 1. The number of hydrogen-bond acceptors (Lipinski definition) is 5. The highest BCUT2D eigenvalue weighted by Gasteiger charge is 2.51. The van der Waals surface area contributed by atoms with E-state index in [9.17, 15) is 14.4 Å². The highest BCUT2D eigenvalue weighted by atomic mass is 32.1. The van der Waals surface area contributed by atoms with Crippen LogP contribution in [0.1, 0.15) is 48.2 Å². The first-order chi connectivity index (χ1) is 16.4. The summed E-state index contributed by atoms with van der Waals surface area (Å²) < 4.78 is 1.18. The van der Waals surface area contributed by atoms with Crippen molar-refractivity contribution in [1.29, 1.82) is 0 Å². The molecular formula is C26H28N4O3S. The number of hydrogen-bond donors (Lipinski definition) is 1. The van der Waals surface area contributed by atoms with E-state index in [1.54, 1.807) is 16.2 Å². The van der Waals surface area contributed by atoms with Crippen LogP contribution in [0, 0.1) is 6.92 Å². The lowest BCUT2D eigenvalue weighted by molar-refractivity contribution is -0.139. The second kappa shape index (κ2) is 8.83. The van der Waals surface area contributed by atoms with E-state index in [0.717, 1.165) is 39.4 Å². The Labute approximate surface area is 202 Å². The largest absolute Gasteiger partial charge is 0.341 e. The molecule has 2 saturated heterocycles. The standard InChI is InChI=1S/C26H28N4O3S/c1-3-26(19-10-8-17(2)9-11-19)24(32)30(25(33)28-26)16-22(31)29-14-12-18(13-15-29)23-27-20-6-4-5-7-21(20)34-23/h4-11,18H,3,12-16H2,1-2H3,(H,28,33). The molecule has 0 bridgehead atoms. The van der Waals surface area contributed by atoms with E-state index in [-0.39, 0.29) is 18.4 Å². The lowest BCUT2D eigenvalue weighted by atomic mass is 9.86. The van der Waals surface area contributed by atoms with E-state index in [4.69, 9.17) is 4.98 Å². The molecule has 1 atom stereocenters. The quantitative estimate of drug-likeness (QED) is 0.561. The topological polar surface area (TPSA) is 82.6 Å². The van der Waals surface area contributed by atoms with E-state index >= 15 is 0 Å². The number of likely N-dealkylation sites (tertiary alicyclic amines) is 1. The Morgan fingerprint density at radius 1 is 1.12 bits per heavy atom. The van der Waals surface area contributed by atoms with Gasteiger partial charge in [0, 0.05) is 19.0 Å². The van der Waals surface area contributed by atoms with Crippen LogP contribution < -0.4 is 5.32 Å². The molecule has 0 aliphatic carbocycles. The number of imide groups is 1. The van der Waals surface area contributed by atoms with Crippen LogP contribution in [0.5, 0.6) is 0 Å². The van der Waals surface area contributed by atoms with Crippen molar-refractivity contribution in [3.8, 4) is 0 Å². The van der Waals surface area contributed by atoms with E-state index < -0.39 is 11.6 Å². The Kier molecular flexibility index (Phi) is 5.85. The normalized spacial score (nSPS) is 21.4. The maximum absolute atomic E-state index is 13.4. The molecule has 0 spiro atoms. The fourth-order valence-corrected chi connectivity index (χ4v) is 6.06. The van der Waals surface area contributed by atoms with Gasteiger partial charge in [-0.1, -0.05) is 48.9 Å². The van der Waals surface area contributed by atoms with Crippen molar-refractivity contribution >= 4 is 39.4 Å². The average Bonchev–Trinajstić information content (AvgIpc) is 3.39. The third-order valence-electron chi connectivity index (χ3n) is 7.05. The maximum atomic E-state index is 13.4. The van der Waals surface area contributed by atoms with Gasteiger partial charge in [0.1, 0.15) is 12.1 Å². The molecular weight excluding hydrogens is 448 g/mol. The van der Waals surface area contributed by atoms with E-state index in [0.29, 0.717) is 25.4 Å². The number of para-hydroxylation sites is 1. The summed E-state index contributed by atoms with van der Waals surface area (Å²) in [4.78, 5) is 46.8. The average molecular weight is 477 g/mol. The number of nitrogens with zero attached hydrogens (tertiary/aromatic N) is 3. The summed E-state index contributed by atoms with van der Waals surface area (Å²) in [5, 5.41) is 3.98. The summed E-state index contributed by atoms with van der Waals surface area (Å²) in [5.74, 6) is -0.226. The molecule has 1 N–H and O–H groups in total. The first-order valence-corrected chi connectivity index (χ1v) is 12.6. The predicted octanol–water partition coefficient (Wildman–Crippen LogP) is 4.17. The van der Waals surface area contributed by atoms with E-state index in [1.807, 2.05) is 56.3 Å². The van der Waals surface area contributed by atoms with Gasteiger partial charge >= 0.3 is 6.03 Å². The molecule has 3 aromatic rings. The van der Waals surface area contributed by atoms with Gasteiger partial charge < -0.3 is 10.2 Å². The van der Waals surface area contributed by atoms with Gasteiger partial charge in [0.25, 0.3) is 5.91 Å². The number of carbonyl (C=O) groups excluding carboxylic acids is 3. The third kappa shape index (κ3) is 3.86. The monoisotopic (exact) mass is 476 g/mol. The van der Waals surface area contributed by atoms with Crippen molar-refractivity contribution < 1.29 is 14.4 Å². The highest BCUT2D eigenvalue weighted by Crippen LogP contribution is 2.35. The number of fused-ring (bicyclic) bond motifs is 1. The molecule has 5 rings (SSSR count). The molecule has 1 aromatic heterocycles. The molecule has 4 amide bonds. The molecule has 2 aliphatic heterocycles. The number of carbonyl (C=O) groups is 3. The highest BCUT2D eigenvalue weighted by molar-refractivity contribution is 7.18. The lowest BCUT2D eigenvalue weighted by Gasteiger charge is -2.32. The molecule has 34 heavy (non-hydrogen) atoms. The van der Waals surface area contributed by atoms with Crippen LogP contribution in [-0.4, -0.2) is 52.3 Å². The summed E-state index contributed by atoms with van der Waals surface area (Å²) in [6.45, 7) is 4.81. The Morgan fingerprint density at radius 2 is 1.82 bits per heavy atom. The van der Waals surface area contributed by atoms with Gasteiger partial charge in [-0.3, -0.25) is 14.5 Å². The van der Waals surface area contributed by atoms with Gasteiger partial charge in [-0.05, 0) is 43.9 Å². The zero-order valence-electron chi connectivity index (χ0n) is 19.4. The van der Waals surface area contributed by atoms with Crippen molar-refractivity contribution in [2.75, 3.05) is 19.6 Å². The van der Waals surface area contributed by atoms with Gasteiger partial charge in [0.15, 0.2) is 0 Å². The molecule has 7 nitrogen and oxygen atoms in total. The minimum Gasteiger partial charge on any atom is -0.341 e. The molecule has 2 fully saturated rings. The van der Waals surface area contributed by atoms with Gasteiger partial charge in [-0.15, -0.1) is 11.3 Å². The van der Waals surface area contributed by atoms with Gasteiger partial charge in [-0.25, -0.2) is 9.78 Å². The Hall–Kier alpha value is -3.26. The number of piperidine rings is 1. The predicted molar refractivity (Wildman–Crippen MR) is 132 cm³/mol. The van der Waals surface area contributed by atoms with E-state index in [1.165, 1.54) is 4.70 Å². The number of thiazole rings is 1. The van der Waals surface area contributed by atoms with Crippen LogP contribution in [0.25, 0.3) is 10.2 Å². The zero-order valence-corrected chi connectivity index (χ0v) is 20.2. The molecule has 3 heterocycles. The second-order valence-electron chi connectivity index (χ2n) is 9.12. The third-order valence-corrected chi connectivity index (χ3v) is 8.25. The first-order valence-electron chi connectivity index (χ1n) is 11.8. The zero-order chi connectivity index (χ0) is 23.9. The van der Waals surface area contributed by atoms with Crippen LogP contribution in [0.3, 0.4) is 0 Å². The molecule has 0 radical (unpaired) electrons. The minimum absolute atomic E-state index is 0.193. The van der Waals surface area contributed by atoms with Crippen molar-refractivity contribution in [1.82, 2.24) is 20.1 Å².